The number of hydrogen-bond donors (Lipinski definition) is 1. The summed E-state index contributed by atoms with van der Waals surface area (Å²) in [5, 5.41) is 7.50. The molecule has 3 aromatic rings. The highest BCUT2D eigenvalue weighted by Gasteiger charge is 2.33. The summed E-state index contributed by atoms with van der Waals surface area (Å²) in [7, 11) is 3.14. The van der Waals surface area contributed by atoms with Gasteiger partial charge in [-0.25, -0.2) is 4.98 Å². The second kappa shape index (κ2) is 8.06. The minimum atomic E-state index is -0.240. The van der Waals surface area contributed by atoms with Crippen LogP contribution in [0.15, 0.2) is 42.6 Å². The van der Waals surface area contributed by atoms with E-state index in [1.54, 1.807) is 50.7 Å². The highest BCUT2D eigenvalue weighted by Crippen LogP contribution is 2.32. The van der Waals surface area contributed by atoms with Crippen molar-refractivity contribution in [1.29, 1.82) is 0 Å². The van der Waals surface area contributed by atoms with Crippen LogP contribution in [-0.4, -0.2) is 48.0 Å². The summed E-state index contributed by atoms with van der Waals surface area (Å²) in [4.78, 5) is 19.6. The molecule has 0 unspecified atom stereocenters. The van der Waals surface area contributed by atoms with Crippen molar-refractivity contribution < 1.29 is 14.3 Å². The van der Waals surface area contributed by atoms with Crippen LogP contribution >= 0.6 is 0 Å². The summed E-state index contributed by atoms with van der Waals surface area (Å²) in [5.74, 6) is 1.61. The molecule has 0 aliphatic carbocycles. The van der Waals surface area contributed by atoms with Crippen LogP contribution in [0.5, 0.6) is 11.5 Å². The van der Waals surface area contributed by atoms with Crippen molar-refractivity contribution in [3.8, 4) is 11.5 Å². The molecule has 1 amide bonds. The molecule has 3 heterocycles. The van der Waals surface area contributed by atoms with Gasteiger partial charge < -0.3 is 19.7 Å². The maximum atomic E-state index is 13.0. The maximum absolute atomic E-state index is 13.0. The topological polar surface area (TPSA) is 81.5 Å². The van der Waals surface area contributed by atoms with Gasteiger partial charge in [0.2, 0.25) is 0 Å². The molecule has 0 radical (unpaired) electrons. The van der Waals surface area contributed by atoms with Crippen LogP contribution in [-0.2, 0) is 0 Å². The number of pyridine rings is 1. The minimum absolute atomic E-state index is 0.240. The van der Waals surface area contributed by atoms with Crippen LogP contribution < -0.4 is 19.7 Å². The summed E-state index contributed by atoms with van der Waals surface area (Å²) < 4.78 is 12.6. The molecule has 2 aromatic heterocycles. The molecular formula is C22H25N5O3. The number of carbonyl (C=O) groups excluding carboxylic acids is 1. The van der Waals surface area contributed by atoms with E-state index in [1.165, 1.54) is 0 Å². The summed E-state index contributed by atoms with van der Waals surface area (Å²) in [6, 6.07) is 11.2. The van der Waals surface area contributed by atoms with Crippen molar-refractivity contribution in [3.05, 3.63) is 59.5 Å². The molecule has 1 aromatic carbocycles. The first-order valence-electron chi connectivity index (χ1n) is 9.76. The number of nitrogens with one attached hydrogen (secondary N) is 1. The number of nitrogens with zero attached hydrogens (tertiary/aromatic N) is 4. The Hall–Kier alpha value is -3.55. The lowest BCUT2D eigenvalue weighted by atomic mass is 10.1. The van der Waals surface area contributed by atoms with Gasteiger partial charge in [-0.3, -0.25) is 9.48 Å². The number of ether oxygens (including phenoxy) is 2. The molecule has 0 atom stereocenters. The highest BCUT2D eigenvalue weighted by molar-refractivity contribution is 6.08. The zero-order chi connectivity index (χ0) is 21.3. The zero-order valence-electron chi connectivity index (χ0n) is 17.5. The molecule has 4 rings (SSSR count). The van der Waals surface area contributed by atoms with E-state index >= 15 is 0 Å². The Morgan fingerprint density at radius 1 is 1.13 bits per heavy atom. The third-order valence-electron chi connectivity index (χ3n) is 5.24. The second-order valence-electron chi connectivity index (χ2n) is 7.33. The number of anilines is 2. The number of aryl methyl sites for hydroxylation is 2. The van der Waals surface area contributed by atoms with Gasteiger partial charge in [0, 0.05) is 31.0 Å². The number of hydrogen-bond acceptors (Lipinski definition) is 6. The number of amides is 1. The van der Waals surface area contributed by atoms with Crippen molar-refractivity contribution >= 4 is 17.4 Å². The van der Waals surface area contributed by atoms with Crippen molar-refractivity contribution in [2.75, 3.05) is 37.5 Å². The first-order valence-corrected chi connectivity index (χ1v) is 9.76. The van der Waals surface area contributed by atoms with E-state index in [-0.39, 0.29) is 11.9 Å². The lowest BCUT2D eigenvalue weighted by molar-refractivity contribution is 0.102. The van der Waals surface area contributed by atoms with Gasteiger partial charge in [-0.1, -0.05) is 0 Å². The number of benzene rings is 1. The van der Waals surface area contributed by atoms with Crippen molar-refractivity contribution in [2.24, 2.45) is 0 Å². The highest BCUT2D eigenvalue weighted by atomic mass is 16.5. The van der Waals surface area contributed by atoms with Crippen LogP contribution in [0, 0.1) is 13.8 Å². The molecule has 30 heavy (non-hydrogen) atoms. The molecule has 1 aliphatic heterocycles. The van der Waals surface area contributed by atoms with Crippen molar-refractivity contribution in [3.63, 3.8) is 0 Å². The lowest BCUT2D eigenvalue weighted by Crippen LogP contribution is -2.49. The fraction of sp³-hybridized carbons (Fsp3) is 0.318. The molecule has 0 bridgehead atoms. The van der Waals surface area contributed by atoms with E-state index in [0.717, 1.165) is 24.5 Å². The molecule has 1 saturated heterocycles. The molecular weight excluding hydrogens is 382 g/mol. The molecule has 8 nitrogen and oxygen atoms in total. The van der Waals surface area contributed by atoms with Crippen LogP contribution in [0.25, 0.3) is 0 Å². The first-order chi connectivity index (χ1) is 14.5. The van der Waals surface area contributed by atoms with E-state index in [1.807, 2.05) is 6.92 Å². The van der Waals surface area contributed by atoms with E-state index in [2.05, 4.69) is 38.0 Å². The SMILES string of the molecule is COc1ccc(NC(=O)c2cccnc2N2CC(n3nc(C)cc3C)C2)c(OC)c1. The monoisotopic (exact) mass is 407 g/mol. The Morgan fingerprint density at radius 2 is 1.93 bits per heavy atom. The smallest absolute Gasteiger partial charge is 0.259 e. The van der Waals surface area contributed by atoms with Gasteiger partial charge in [0.1, 0.15) is 17.3 Å². The van der Waals surface area contributed by atoms with E-state index in [0.29, 0.717) is 28.6 Å². The third kappa shape index (κ3) is 3.68. The number of methoxy groups -OCH3 is 2. The summed E-state index contributed by atoms with van der Waals surface area (Å²) in [6.07, 6.45) is 1.71. The molecule has 0 spiro atoms. The quantitative estimate of drug-likeness (QED) is 0.676. The normalized spacial score (nSPS) is 13.7. The number of aromatic nitrogens is 3. The molecule has 1 fully saturated rings. The molecule has 8 heteroatoms. The fourth-order valence-corrected chi connectivity index (χ4v) is 3.72. The van der Waals surface area contributed by atoms with Gasteiger partial charge >= 0.3 is 0 Å². The fourth-order valence-electron chi connectivity index (χ4n) is 3.72. The Morgan fingerprint density at radius 3 is 2.60 bits per heavy atom. The van der Waals surface area contributed by atoms with Crippen LogP contribution in [0.3, 0.4) is 0 Å². The summed E-state index contributed by atoms with van der Waals surface area (Å²) in [5.41, 5.74) is 3.24. The lowest BCUT2D eigenvalue weighted by Gasteiger charge is -2.41. The van der Waals surface area contributed by atoms with Gasteiger partial charge in [0.05, 0.1) is 37.2 Å². The zero-order valence-corrected chi connectivity index (χ0v) is 17.5. The summed E-state index contributed by atoms with van der Waals surface area (Å²) >= 11 is 0. The minimum Gasteiger partial charge on any atom is -0.497 e. The predicted molar refractivity (Wildman–Crippen MR) is 115 cm³/mol. The van der Waals surface area contributed by atoms with E-state index < -0.39 is 0 Å². The van der Waals surface area contributed by atoms with Crippen molar-refractivity contribution in [2.45, 2.75) is 19.9 Å². The Bertz CT molecular complexity index is 1070. The number of carbonyl (C=O) groups is 1. The molecule has 1 N–H and O–H groups in total. The van der Waals surface area contributed by atoms with Crippen LogP contribution in [0.1, 0.15) is 27.8 Å². The Kier molecular flexibility index (Phi) is 5.31. The molecule has 156 valence electrons. The van der Waals surface area contributed by atoms with Gasteiger partial charge in [0.25, 0.3) is 5.91 Å². The van der Waals surface area contributed by atoms with Gasteiger partial charge in [0.15, 0.2) is 0 Å². The van der Waals surface area contributed by atoms with E-state index in [4.69, 9.17) is 9.47 Å². The Balaban J connectivity index is 1.51. The summed E-state index contributed by atoms with van der Waals surface area (Å²) in [6.45, 7) is 5.56. The standard InChI is InChI=1S/C22H25N5O3/c1-14-10-15(2)27(25-14)16-12-26(13-16)21-18(6-5-9-23-21)22(28)24-19-8-7-17(29-3)11-20(19)30-4/h5-11,16H,12-13H2,1-4H3,(H,24,28). The largest absolute Gasteiger partial charge is 0.497 e. The first kappa shape index (κ1) is 19.8. The van der Waals surface area contributed by atoms with Gasteiger partial charge in [-0.05, 0) is 44.2 Å². The van der Waals surface area contributed by atoms with E-state index in [9.17, 15) is 4.79 Å². The number of rotatable bonds is 6. The van der Waals surface area contributed by atoms with Crippen molar-refractivity contribution in [1.82, 2.24) is 14.8 Å². The molecule has 0 saturated carbocycles. The maximum Gasteiger partial charge on any atom is 0.259 e. The third-order valence-corrected chi connectivity index (χ3v) is 5.24. The average molecular weight is 407 g/mol. The second-order valence-corrected chi connectivity index (χ2v) is 7.33. The van der Waals surface area contributed by atoms with Gasteiger partial charge in [-0.15, -0.1) is 0 Å². The Labute approximate surface area is 175 Å². The van der Waals surface area contributed by atoms with Gasteiger partial charge in [-0.2, -0.15) is 5.10 Å². The van der Waals surface area contributed by atoms with Crippen LogP contribution in [0.2, 0.25) is 0 Å². The predicted octanol–water partition coefficient (Wildman–Crippen LogP) is 3.23. The molecule has 1 aliphatic rings. The van der Waals surface area contributed by atoms with Crippen LogP contribution in [0.4, 0.5) is 11.5 Å². The average Bonchev–Trinajstić information content (AvgIpc) is 3.05.